The van der Waals surface area contributed by atoms with Gasteiger partial charge in [-0.15, -0.1) is 0 Å². The van der Waals surface area contributed by atoms with Gasteiger partial charge in [0.25, 0.3) is 0 Å². The van der Waals surface area contributed by atoms with Crippen LogP contribution >= 0.6 is 0 Å². The molecule has 0 amide bonds. The zero-order chi connectivity index (χ0) is 9.76. The quantitative estimate of drug-likeness (QED) is 0.689. The van der Waals surface area contributed by atoms with E-state index >= 15 is 0 Å². The second kappa shape index (κ2) is 2.39. The number of carboxylic acids is 1. The van der Waals surface area contributed by atoms with Crippen LogP contribution in [0.5, 0.6) is 0 Å². The number of carboxylic acid groups (broad SMARTS) is 1. The summed E-state index contributed by atoms with van der Waals surface area (Å²) in [6, 6.07) is 3.29. The Labute approximate surface area is 81.5 Å². The Hall–Kier alpha value is -1.29. The fourth-order valence-electron chi connectivity index (χ4n) is 2.32. The molecular formula is C10H12N2O2. The lowest BCUT2D eigenvalue weighted by molar-refractivity contribution is -0.140. The van der Waals surface area contributed by atoms with Crippen LogP contribution in [0.2, 0.25) is 0 Å². The molecular weight excluding hydrogens is 180 g/mol. The molecule has 1 spiro atoms. The Morgan fingerprint density at radius 3 is 3.07 bits per heavy atom. The molecule has 0 saturated heterocycles. The van der Waals surface area contributed by atoms with E-state index in [1.807, 2.05) is 18.3 Å². The maximum atomic E-state index is 11.0. The van der Waals surface area contributed by atoms with Gasteiger partial charge in [0.15, 0.2) is 0 Å². The summed E-state index contributed by atoms with van der Waals surface area (Å²) >= 11 is 0. The number of hydrogen-bond donors (Lipinski definition) is 2. The number of rotatable bonds is 1. The molecule has 1 aromatic heterocycles. The van der Waals surface area contributed by atoms with Crippen molar-refractivity contribution in [1.82, 2.24) is 9.88 Å². The summed E-state index contributed by atoms with van der Waals surface area (Å²) in [5.74, 6) is -0.791. The van der Waals surface area contributed by atoms with Crippen molar-refractivity contribution in [2.24, 2.45) is 0 Å². The fourth-order valence-corrected chi connectivity index (χ4v) is 2.32. The molecule has 4 nitrogen and oxygen atoms in total. The van der Waals surface area contributed by atoms with Crippen LogP contribution in [0.15, 0.2) is 18.3 Å². The van der Waals surface area contributed by atoms with E-state index in [1.165, 1.54) is 0 Å². The first-order chi connectivity index (χ1) is 6.73. The van der Waals surface area contributed by atoms with Crippen molar-refractivity contribution in [3.8, 4) is 0 Å². The lowest BCUT2D eigenvalue weighted by atomic mass is 10.1. The molecule has 2 aliphatic rings. The van der Waals surface area contributed by atoms with Gasteiger partial charge >= 0.3 is 5.97 Å². The highest BCUT2D eigenvalue weighted by Gasteiger charge is 2.49. The molecule has 0 aromatic carbocycles. The van der Waals surface area contributed by atoms with Crippen LogP contribution in [-0.2, 0) is 10.3 Å². The first kappa shape index (κ1) is 8.05. The molecule has 74 valence electrons. The van der Waals surface area contributed by atoms with Gasteiger partial charge in [-0.1, -0.05) is 0 Å². The van der Waals surface area contributed by atoms with Crippen LogP contribution in [-0.4, -0.2) is 22.2 Å². The largest absolute Gasteiger partial charge is 0.480 e. The Kier molecular flexibility index (Phi) is 1.37. The van der Waals surface area contributed by atoms with Gasteiger partial charge in [-0.05, 0) is 25.0 Å². The van der Waals surface area contributed by atoms with Crippen molar-refractivity contribution in [3.05, 3.63) is 24.0 Å². The van der Waals surface area contributed by atoms with Gasteiger partial charge < -0.3 is 9.67 Å². The Morgan fingerprint density at radius 1 is 1.64 bits per heavy atom. The number of carbonyl (C=O) groups is 1. The second-order valence-corrected chi connectivity index (χ2v) is 4.18. The van der Waals surface area contributed by atoms with Crippen molar-refractivity contribution in [2.45, 2.75) is 24.4 Å². The Bertz CT molecular complexity index is 393. The third-order valence-electron chi connectivity index (χ3n) is 3.30. The monoisotopic (exact) mass is 192 g/mol. The van der Waals surface area contributed by atoms with Gasteiger partial charge in [-0.25, -0.2) is 0 Å². The summed E-state index contributed by atoms with van der Waals surface area (Å²) in [5.41, 5.74) is 1.09. The van der Waals surface area contributed by atoms with Crippen LogP contribution in [0.25, 0.3) is 0 Å². The molecule has 4 heteroatoms. The van der Waals surface area contributed by atoms with Crippen molar-refractivity contribution in [3.63, 3.8) is 0 Å². The summed E-state index contributed by atoms with van der Waals surface area (Å²) < 4.78 is 2.14. The molecule has 1 saturated carbocycles. The van der Waals surface area contributed by atoms with Crippen LogP contribution in [0, 0.1) is 0 Å². The molecule has 1 fully saturated rings. The molecule has 0 bridgehead atoms. The highest BCUT2D eigenvalue weighted by molar-refractivity contribution is 5.75. The highest BCUT2D eigenvalue weighted by atomic mass is 16.4. The Morgan fingerprint density at radius 2 is 2.43 bits per heavy atom. The van der Waals surface area contributed by atoms with E-state index in [-0.39, 0.29) is 5.54 Å². The van der Waals surface area contributed by atoms with Gasteiger partial charge in [0.2, 0.25) is 0 Å². The summed E-state index contributed by atoms with van der Waals surface area (Å²) in [7, 11) is 0. The molecule has 1 aliphatic heterocycles. The lowest BCUT2D eigenvalue weighted by Gasteiger charge is -2.31. The van der Waals surface area contributed by atoms with E-state index < -0.39 is 12.0 Å². The van der Waals surface area contributed by atoms with E-state index in [1.54, 1.807) is 0 Å². The molecule has 14 heavy (non-hydrogen) atoms. The number of nitrogens with one attached hydrogen (secondary N) is 1. The summed E-state index contributed by atoms with van der Waals surface area (Å²) in [6.45, 7) is 0.783. The number of fused-ring (bicyclic) bond motifs is 2. The van der Waals surface area contributed by atoms with E-state index in [0.717, 1.165) is 25.1 Å². The van der Waals surface area contributed by atoms with Gasteiger partial charge in [-0.2, -0.15) is 0 Å². The van der Waals surface area contributed by atoms with Gasteiger partial charge in [0, 0.05) is 18.4 Å². The number of aromatic nitrogens is 1. The first-order valence-electron chi connectivity index (χ1n) is 4.87. The van der Waals surface area contributed by atoms with Crippen LogP contribution in [0.1, 0.15) is 24.6 Å². The summed E-state index contributed by atoms with van der Waals surface area (Å²) in [5, 5.41) is 12.1. The van der Waals surface area contributed by atoms with Crippen LogP contribution < -0.4 is 5.32 Å². The number of aliphatic carboxylic acids is 1. The number of nitrogens with zero attached hydrogens (tertiary/aromatic N) is 1. The molecule has 0 unspecified atom stereocenters. The zero-order valence-electron chi connectivity index (χ0n) is 7.73. The zero-order valence-corrected chi connectivity index (χ0v) is 7.73. The Balaban J connectivity index is 2.08. The summed E-state index contributed by atoms with van der Waals surface area (Å²) in [6.07, 6.45) is 4.32. The molecule has 0 radical (unpaired) electrons. The summed E-state index contributed by atoms with van der Waals surface area (Å²) in [4.78, 5) is 11.0. The third kappa shape index (κ3) is 0.889. The van der Waals surface area contributed by atoms with Crippen molar-refractivity contribution in [2.75, 3.05) is 6.54 Å². The van der Waals surface area contributed by atoms with Crippen LogP contribution in [0.4, 0.5) is 0 Å². The third-order valence-corrected chi connectivity index (χ3v) is 3.30. The lowest BCUT2D eigenvalue weighted by Crippen LogP contribution is -2.44. The minimum atomic E-state index is -0.791. The van der Waals surface area contributed by atoms with Crippen molar-refractivity contribution < 1.29 is 9.90 Å². The maximum Gasteiger partial charge on any atom is 0.326 e. The van der Waals surface area contributed by atoms with Crippen LogP contribution in [0.3, 0.4) is 0 Å². The van der Waals surface area contributed by atoms with Gasteiger partial charge in [0.1, 0.15) is 6.04 Å². The van der Waals surface area contributed by atoms with E-state index in [9.17, 15) is 4.79 Å². The SMILES string of the molecule is O=C(O)[C@@H]1NCC2(CC2)n2cccc21. The highest BCUT2D eigenvalue weighted by Crippen LogP contribution is 2.47. The van der Waals surface area contributed by atoms with Crippen molar-refractivity contribution >= 4 is 5.97 Å². The van der Waals surface area contributed by atoms with Crippen molar-refractivity contribution in [1.29, 1.82) is 0 Å². The molecule has 3 rings (SSSR count). The minimum absolute atomic E-state index is 0.199. The predicted octanol–water partition coefficient (Wildman–Crippen LogP) is 0.706. The topological polar surface area (TPSA) is 54.3 Å². The molecule has 1 aromatic rings. The second-order valence-electron chi connectivity index (χ2n) is 4.18. The molecule has 1 aliphatic carbocycles. The minimum Gasteiger partial charge on any atom is -0.480 e. The molecule has 2 N–H and O–H groups in total. The fraction of sp³-hybridized carbons (Fsp3) is 0.500. The first-order valence-corrected chi connectivity index (χ1v) is 4.87. The van der Waals surface area contributed by atoms with E-state index in [2.05, 4.69) is 9.88 Å². The maximum absolute atomic E-state index is 11.0. The smallest absolute Gasteiger partial charge is 0.326 e. The molecule has 1 atom stereocenters. The van der Waals surface area contributed by atoms with Gasteiger partial charge in [0.05, 0.1) is 5.54 Å². The average Bonchev–Trinajstić information content (AvgIpc) is 2.75. The van der Waals surface area contributed by atoms with Gasteiger partial charge in [-0.3, -0.25) is 10.1 Å². The average molecular weight is 192 g/mol. The van der Waals surface area contributed by atoms with E-state index in [4.69, 9.17) is 5.11 Å². The molecule has 2 heterocycles. The normalized spacial score (nSPS) is 27.3. The standard InChI is InChI=1S/C10H12N2O2/c13-9(14)8-7-2-1-5-12(7)10(3-4-10)6-11-8/h1-2,5,8,11H,3-4,6H2,(H,13,14)/t8-/m1/s1. The predicted molar refractivity (Wildman–Crippen MR) is 50.0 cm³/mol. The number of hydrogen-bond acceptors (Lipinski definition) is 2. The van der Waals surface area contributed by atoms with E-state index in [0.29, 0.717) is 0 Å².